The molecule has 6 rings (SSSR count). The molecule has 1 amide bonds. The summed E-state index contributed by atoms with van der Waals surface area (Å²) >= 11 is 0. The number of nitrogens with zero attached hydrogens (tertiary/aromatic N) is 6. The predicted molar refractivity (Wildman–Crippen MR) is 133 cm³/mol. The Morgan fingerprint density at radius 1 is 1.00 bits per heavy atom. The average Bonchev–Trinajstić information content (AvgIpc) is 3.50. The van der Waals surface area contributed by atoms with Crippen molar-refractivity contribution >= 4 is 22.6 Å². The summed E-state index contributed by atoms with van der Waals surface area (Å²) in [5.41, 5.74) is 6.03. The van der Waals surface area contributed by atoms with Crippen LogP contribution in [0.1, 0.15) is 33.4 Å². The second-order valence-corrected chi connectivity index (χ2v) is 8.90. The fourth-order valence-corrected chi connectivity index (χ4v) is 4.91. The van der Waals surface area contributed by atoms with Crippen LogP contribution in [-0.4, -0.2) is 37.3 Å². The molecule has 8 nitrogen and oxygen atoms in total. The first-order chi connectivity index (χ1) is 17.4. The highest BCUT2D eigenvalue weighted by molar-refractivity contribution is 6.11. The number of methoxy groups -OCH3 is 1. The van der Waals surface area contributed by atoms with Crippen LogP contribution < -0.4 is 9.64 Å². The minimum absolute atomic E-state index is 0.267. The Morgan fingerprint density at radius 3 is 2.53 bits per heavy atom. The third-order valence-electron chi connectivity index (χ3n) is 6.89. The first-order valence-electron chi connectivity index (χ1n) is 11.5. The second kappa shape index (κ2) is 8.01. The van der Waals surface area contributed by atoms with E-state index in [2.05, 4.69) is 15.1 Å². The number of carbonyl (C=O) groups excluding carboxylic acids is 1. The number of pyridine rings is 1. The molecule has 2 aromatic carbocycles. The molecule has 1 aliphatic heterocycles. The molecule has 0 radical (unpaired) electrons. The van der Waals surface area contributed by atoms with Crippen LogP contribution in [-0.2, 0) is 14.1 Å². The van der Waals surface area contributed by atoms with E-state index in [1.165, 1.54) is 6.07 Å². The number of hydrogen-bond donors (Lipinski definition) is 0. The molecule has 0 spiro atoms. The topological polar surface area (TPSA) is 78.1 Å². The Bertz CT molecular complexity index is 1650. The first kappa shape index (κ1) is 22.0. The van der Waals surface area contributed by atoms with Crippen LogP contribution in [0.2, 0.25) is 0 Å². The van der Waals surface area contributed by atoms with Crippen molar-refractivity contribution in [3.63, 3.8) is 0 Å². The molecule has 0 aliphatic carbocycles. The quantitative estimate of drug-likeness (QED) is 0.375. The number of fused-ring (bicyclic) bond motifs is 2. The maximum atomic E-state index is 15.8. The van der Waals surface area contributed by atoms with Crippen molar-refractivity contribution in [1.82, 2.24) is 24.3 Å². The van der Waals surface area contributed by atoms with Gasteiger partial charge in [0.25, 0.3) is 5.91 Å². The number of benzene rings is 2. The number of amides is 1. The second-order valence-electron chi connectivity index (χ2n) is 8.90. The fraction of sp³-hybridized carbons (Fsp3) is 0.185. The van der Waals surface area contributed by atoms with Crippen LogP contribution in [0.5, 0.6) is 5.88 Å². The van der Waals surface area contributed by atoms with Crippen molar-refractivity contribution < 1.29 is 13.9 Å². The molecular weight excluding hydrogens is 459 g/mol. The molecule has 1 aliphatic rings. The van der Waals surface area contributed by atoms with Gasteiger partial charge in [-0.1, -0.05) is 12.1 Å². The summed E-state index contributed by atoms with van der Waals surface area (Å²) in [6.07, 6.45) is 3.37. The molecule has 9 heteroatoms. The van der Waals surface area contributed by atoms with Gasteiger partial charge in [0.15, 0.2) is 5.69 Å². The number of carbonyl (C=O) groups is 1. The standard InChI is InChI=1S/C27H23FN6O2/c1-15-24-25(31-33(15)3)27(35)34(18-7-9-22-21(12-18)30-14-32(22)2)26(24)19-8-5-16(11-20(19)28)17-6-10-23(36-4)29-13-17/h5-14,26H,1-4H3. The van der Waals surface area contributed by atoms with Crippen LogP contribution in [0.3, 0.4) is 0 Å². The van der Waals surface area contributed by atoms with Crippen molar-refractivity contribution in [1.29, 1.82) is 0 Å². The third-order valence-corrected chi connectivity index (χ3v) is 6.89. The lowest BCUT2D eigenvalue weighted by Crippen LogP contribution is -2.30. The Kier molecular flexibility index (Phi) is 4.89. The summed E-state index contributed by atoms with van der Waals surface area (Å²) in [6.45, 7) is 1.90. The molecule has 5 aromatic rings. The molecule has 0 N–H and O–H groups in total. The maximum absolute atomic E-state index is 15.8. The van der Waals surface area contributed by atoms with Crippen molar-refractivity contribution in [2.75, 3.05) is 12.0 Å². The first-order valence-corrected chi connectivity index (χ1v) is 11.5. The number of imidazole rings is 1. The predicted octanol–water partition coefficient (Wildman–Crippen LogP) is 4.57. The van der Waals surface area contributed by atoms with Gasteiger partial charge in [0.05, 0.1) is 30.5 Å². The molecule has 0 bridgehead atoms. The molecule has 0 saturated carbocycles. The van der Waals surface area contributed by atoms with Gasteiger partial charge < -0.3 is 9.30 Å². The van der Waals surface area contributed by atoms with Crippen molar-refractivity contribution in [3.8, 4) is 17.0 Å². The zero-order valence-electron chi connectivity index (χ0n) is 20.2. The molecule has 1 unspecified atom stereocenters. The summed E-state index contributed by atoms with van der Waals surface area (Å²) in [5, 5.41) is 4.46. The van der Waals surface area contributed by atoms with E-state index in [1.807, 2.05) is 48.9 Å². The van der Waals surface area contributed by atoms with Gasteiger partial charge in [0, 0.05) is 54.4 Å². The maximum Gasteiger partial charge on any atom is 0.280 e. The normalized spacial score (nSPS) is 15.1. The highest BCUT2D eigenvalue weighted by Gasteiger charge is 2.44. The summed E-state index contributed by atoms with van der Waals surface area (Å²) < 4.78 is 24.5. The molecule has 0 saturated heterocycles. The lowest BCUT2D eigenvalue weighted by molar-refractivity contribution is 0.0988. The molecule has 36 heavy (non-hydrogen) atoms. The smallest absolute Gasteiger partial charge is 0.280 e. The lowest BCUT2D eigenvalue weighted by Gasteiger charge is -2.27. The van der Waals surface area contributed by atoms with Crippen LogP contribution in [0.25, 0.3) is 22.2 Å². The van der Waals surface area contributed by atoms with Gasteiger partial charge in [-0.05, 0) is 42.8 Å². The van der Waals surface area contributed by atoms with Gasteiger partial charge in [-0.15, -0.1) is 0 Å². The van der Waals surface area contributed by atoms with Crippen LogP contribution in [0.4, 0.5) is 10.1 Å². The van der Waals surface area contributed by atoms with E-state index in [1.54, 1.807) is 48.4 Å². The molecular formula is C27H23FN6O2. The number of hydrogen-bond acceptors (Lipinski definition) is 5. The monoisotopic (exact) mass is 482 g/mol. The average molecular weight is 483 g/mol. The molecule has 180 valence electrons. The molecule has 0 fully saturated rings. The highest BCUT2D eigenvalue weighted by Crippen LogP contribution is 2.44. The number of halogens is 1. The Balaban J connectivity index is 1.49. The van der Waals surface area contributed by atoms with E-state index in [-0.39, 0.29) is 5.91 Å². The Morgan fingerprint density at radius 2 is 1.81 bits per heavy atom. The Hall–Kier alpha value is -4.53. The van der Waals surface area contributed by atoms with E-state index in [0.717, 1.165) is 22.3 Å². The highest BCUT2D eigenvalue weighted by atomic mass is 19.1. The van der Waals surface area contributed by atoms with Gasteiger partial charge in [-0.25, -0.2) is 14.4 Å². The summed E-state index contributed by atoms with van der Waals surface area (Å²) in [4.78, 5) is 23.9. The van der Waals surface area contributed by atoms with E-state index in [0.29, 0.717) is 34.0 Å². The van der Waals surface area contributed by atoms with Gasteiger partial charge in [-0.3, -0.25) is 14.4 Å². The SMILES string of the molecule is COc1ccc(-c2ccc(C3c4c(nn(C)c4C)C(=O)N3c3ccc4c(c3)ncn4C)c(F)c2)cn1. The lowest BCUT2D eigenvalue weighted by atomic mass is 9.95. The van der Waals surface area contributed by atoms with Gasteiger partial charge in [0.1, 0.15) is 5.82 Å². The van der Waals surface area contributed by atoms with Crippen molar-refractivity contribution in [2.24, 2.45) is 14.1 Å². The number of rotatable bonds is 4. The minimum Gasteiger partial charge on any atom is -0.481 e. The zero-order chi connectivity index (χ0) is 25.1. The number of aryl methyl sites for hydroxylation is 2. The minimum atomic E-state index is -0.662. The van der Waals surface area contributed by atoms with Gasteiger partial charge in [-0.2, -0.15) is 5.10 Å². The molecule has 1 atom stereocenters. The number of anilines is 1. The van der Waals surface area contributed by atoms with E-state index >= 15 is 4.39 Å². The van der Waals surface area contributed by atoms with E-state index < -0.39 is 11.9 Å². The van der Waals surface area contributed by atoms with Crippen LogP contribution in [0.15, 0.2) is 61.1 Å². The number of aromatic nitrogens is 5. The molecule has 4 heterocycles. The van der Waals surface area contributed by atoms with Crippen molar-refractivity contribution in [2.45, 2.75) is 13.0 Å². The van der Waals surface area contributed by atoms with Gasteiger partial charge in [0.2, 0.25) is 5.88 Å². The van der Waals surface area contributed by atoms with Crippen LogP contribution >= 0.6 is 0 Å². The Labute approximate surface area is 206 Å². The fourth-order valence-electron chi connectivity index (χ4n) is 4.91. The third kappa shape index (κ3) is 3.19. The largest absolute Gasteiger partial charge is 0.481 e. The van der Waals surface area contributed by atoms with E-state index in [4.69, 9.17) is 4.74 Å². The van der Waals surface area contributed by atoms with Crippen LogP contribution in [0, 0.1) is 12.7 Å². The summed E-state index contributed by atoms with van der Waals surface area (Å²) in [5.74, 6) is -0.196. The van der Waals surface area contributed by atoms with Gasteiger partial charge >= 0.3 is 0 Å². The number of ether oxygens (including phenoxy) is 1. The van der Waals surface area contributed by atoms with Crippen molar-refractivity contribution in [3.05, 3.63) is 89.4 Å². The summed E-state index contributed by atoms with van der Waals surface area (Å²) in [7, 11) is 5.25. The zero-order valence-corrected chi connectivity index (χ0v) is 20.2. The summed E-state index contributed by atoms with van der Waals surface area (Å²) in [6, 6.07) is 13.6. The molecule has 3 aromatic heterocycles. The van der Waals surface area contributed by atoms with E-state index in [9.17, 15) is 4.79 Å².